The second-order valence-corrected chi connectivity index (χ2v) is 9.67. The monoisotopic (exact) mass is 440 g/mol. The Kier molecular flexibility index (Phi) is 7.38. The van der Waals surface area contributed by atoms with Crippen LogP contribution in [-0.4, -0.2) is 40.7 Å². The van der Waals surface area contributed by atoms with Gasteiger partial charge in [0.15, 0.2) is 0 Å². The highest BCUT2D eigenvalue weighted by molar-refractivity contribution is 8.00. The summed E-state index contributed by atoms with van der Waals surface area (Å²) in [5.74, 6) is 0.771. The maximum absolute atomic E-state index is 13.6. The molecule has 2 fully saturated rings. The average Bonchev–Trinajstić information content (AvgIpc) is 3.25. The summed E-state index contributed by atoms with van der Waals surface area (Å²) in [4.78, 5) is 28.2. The molecule has 0 bridgehead atoms. The van der Waals surface area contributed by atoms with Crippen LogP contribution in [0, 0.1) is 5.92 Å². The van der Waals surface area contributed by atoms with Crippen molar-refractivity contribution in [2.75, 3.05) is 17.7 Å². The molecule has 0 spiro atoms. The smallest absolute Gasteiger partial charge is 0.329 e. The number of rotatable bonds is 6. The lowest BCUT2D eigenvalue weighted by Gasteiger charge is -2.35. The normalized spacial score (nSPS) is 21.9. The van der Waals surface area contributed by atoms with E-state index in [4.69, 9.17) is 4.74 Å². The molecule has 1 N–H and O–H groups in total. The molecule has 5 nitrogen and oxygen atoms in total. The molecule has 1 heterocycles. The molecule has 2 aromatic carbocycles. The van der Waals surface area contributed by atoms with Gasteiger partial charge in [-0.15, -0.1) is 11.8 Å². The quantitative estimate of drug-likeness (QED) is 0.439. The molecule has 2 aromatic rings. The third-order valence-corrected chi connectivity index (χ3v) is 7.83. The molecular formula is C25H32N2O3S. The molecule has 2 atom stereocenters. The van der Waals surface area contributed by atoms with Crippen LogP contribution in [0.2, 0.25) is 0 Å². The van der Waals surface area contributed by atoms with Gasteiger partial charge in [0.25, 0.3) is 0 Å². The number of anilines is 1. The third kappa shape index (κ3) is 5.00. The van der Waals surface area contributed by atoms with Crippen LogP contribution in [0.1, 0.15) is 51.9 Å². The van der Waals surface area contributed by atoms with Crippen LogP contribution >= 0.6 is 11.8 Å². The van der Waals surface area contributed by atoms with Gasteiger partial charge in [0.2, 0.25) is 0 Å². The molecule has 1 aliphatic carbocycles. The Bertz CT molecular complexity index is 907. The first-order valence-electron chi connectivity index (χ1n) is 11.5. The third-order valence-electron chi connectivity index (χ3n) is 6.37. The number of benzene rings is 2. The van der Waals surface area contributed by atoms with Crippen molar-refractivity contribution in [3.05, 3.63) is 42.5 Å². The number of nitrogens with zero attached hydrogens (tertiary/aromatic N) is 1. The van der Waals surface area contributed by atoms with Gasteiger partial charge in [-0.3, -0.25) is 4.90 Å². The minimum atomic E-state index is -0.524. The van der Waals surface area contributed by atoms with Gasteiger partial charge in [0.05, 0.1) is 17.7 Å². The summed E-state index contributed by atoms with van der Waals surface area (Å²) in [5, 5.41) is 5.22. The number of carbonyl (C=O) groups is 2. The fourth-order valence-corrected chi connectivity index (χ4v) is 6.30. The van der Waals surface area contributed by atoms with E-state index in [1.807, 2.05) is 42.5 Å². The van der Waals surface area contributed by atoms with E-state index < -0.39 is 6.04 Å². The van der Waals surface area contributed by atoms with Gasteiger partial charge < -0.3 is 10.1 Å². The number of hydrogen-bond donors (Lipinski definition) is 1. The summed E-state index contributed by atoms with van der Waals surface area (Å²) in [5.41, 5.74) is 0.778. The summed E-state index contributed by atoms with van der Waals surface area (Å²) in [6.45, 7) is 2.49. The summed E-state index contributed by atoms with van der Waals surface area (Å²) in [7, 11) is 0. The van der Waals surface area contributed by atoms with Crippen LogP contribution in [0.25, 0.3) is 10.8 Å². The lowest BCUT2D eigenvalue weighted by molar-refractivity contribution is -0.148. The van der Waals surface area contributed by atoms with Gasteiger partial charge >= 0.3 is 12.0 Å². The van der Waals surface area contributed by atoms with E-state index in [1.54, 1.807) is 16.7 Å². The van der Waals surface area contributed by atoms with Crippen molar-refractivity contribution in [3.63, 3.8) is 0 Å². The summed E-state index contributed by atoms with van der Waals surface area (Å²) < 4.78 is 5.53. The number of urea groups is 1. The lowest BCUT2D eigenvalue weighted by atomic mass is 9.88. The Balaban J connectivity index is 1.56. The maximum atomic E-state index is 13.6. The molecule has 31 heavy (non-hydrogen) atoms. The molecule has 2 unspecified atom stereocenters. The minimum Gasteiger partial charge on any atom is -0.464 e. The van der Waals surface area contributed by atoms with Crippen molar-refractivity contribution in [3.8, 4) is 0 Å². The van der Waals surface area contributed by atoms with Gasteiger partial charge in [0, 0.05) is 11.1 Å². The van der Waals surface area contributed by atoms with E-state index in [0.29, 0.717) is 18.3 Å². The van der Waals surface area contributed by atoms with Crippen molar-refractivity contribution in [2.24, 2.45) is 5.92 Å². The van der Waals surface area contributed by atoms with Gasteiger partial charge in [0.1, 0.15) is 6.04 Å². The number of thioether (sulfide) groups is 1. The molecule has 1 saturated heterocycles. The van der Waals surface area contributed by atoms with Crippen molar-refractivity contribution in [1.29, 1.82) is 0 Å². The Labute approximate surface area is 188 Å². The number of ether oxygens (including phenoxy) is 1. The number of fused-ring (bicyclic) bond motifs is 1. The molecule has 166 valence electrons. The van der Waals surface area contributed by atoms with E-state index in [0.717, 1.165) is 42.1 Å². The number of hydrogen-bond acceptors (Lipinski definition) is 4. The van der Waals surface area contributed by atoms with Crippen molar-refractivity contribution in [2.45, 2.75) is 63.3 Å². The van der Waals surface area contributed by atoms with E-state index >= 15 is 0 Å². The van der Waals surface area contributed by atoms with Crippen molar-refractivity contribution < 1.29 is 14.3 Å². The second-order valence-electron chi connectivity index (χ2n) is 8.52. The van der Waals surface area contributed by atoms with Gasteiger partial charge in [-0.25, -0.2) is 9.59 Å². The molecule has 2 amide bonds. The standard InChI is InChI=1S/C25H32N2O3S/c1-2-3-16-30-24(28)22-17-31-23(19-11-5-4-6-12-19)27(22)25(29)26-21-15-9-13-18-10-7-8-14-20(18)21/h7-10,13-15,19,22-23H,2-6,11-12,16-17H2,1H3,(H,26,29). The zero-order valence-electron chi connectivity index (χ0n) is 18.2. The maximum Gasteiger partial charge on any atom is 0.329 e. The highest BCUT2D eigenvalue weighted by Crippen LogP contribution is 2.41. The highest BCUT2D eigenvalue weighted by atomic mass is 32.2. The molecule has 0 aromatic heterocycles. The zero-order valence-corrected chi connectivity index (χ0v) is 19.0. The SMILES string of the molecule is CCCCOC(=O)C1CSC(C2CCCCC2)N1C(=O)Nc1cccc2ccccc12. The average molecular weight is 441 g/mol. The molecule has 0 radical (unpaired) electrons. The molecule has 6 heteroatoms. The first-order valence-corrected chi connectivity index (χ1v) is 12.6. The Morgan fingerprint density at radius 2 is 1.87 bits per heavy atom. The van der Waals surface area contributed by atoms with E-state index in [1.165, 1.54) is 19.3 Å². The molecule has 2 aliphatic rings. The van der Waals surface area contributed by atoms with Crippen molar-refractivity contribution in [1.82, 2.24) is 4.90 Å². The number of nitrogens with one attached hydrogen (secondary N) is 1. The summed E-state index contributed by atoms with van der Waals surface area (Å²) in [6.07, 6.45) is 7.72. The largest absolute Gasteiger partial charge is 0.464 e. The number of esters is 1. The van der Waals surface area contributed by atoms with E-state index in [-0.39, 0.29) is 17.4 Å². The molecular weight excluding hydrogens is 408 g/mol. The Morgan fingerprint density at radius 3 is 2.68 bits per heavy atom. The number of amides is 2. The number of carbonyl (C=O) groups excluding carboxylic acids is 2. The van der Waals surface area contributed by atoms with Crippen LogP contribution in [0.5, 0.6) is 0 Å². The van der Waals surface area contributed by atoms with Crippen LogP contribution in [0.15, 0.2) is 42.5 Å². The summed E-state index contributed by atoms with van der Waals surface area (Å²) in [6, 6.07) is 13.2. The molecule has 1 saturated carbocycles. The van der Waals surface area contributed by atoms with E-state index in [9.17, 15) is 9.59 Å². The fraction of sp³-hybridized carbons (Fsp3) is 0.520. The Hall–Kier alpha value is -2.21. The van der Waals surface area contributed by atoms with Crippen LogP contribution in [0.4, 0.5) is 10.5 Å². The molecule has 4 rings (SSSR count). The van der Waals surface area contributed by atoms with E-state index in [2.05, 4.69) is 12.2 Å². The summed E-state index contributed by atoms with van der Waals surface area (Å²) >= 11 is 1.74. The van der Waals surface area contributed by atoms with Crippen LogP contribution in [0.3, 0.4) is 0 Å². The van der Waals surface area contributed by atoms with Gasteiger partial charge in [-0.1, -0.05) is 69.0 Å². The first-order chi connectivity index (χ1) is 15.2. The number of unbranched alkanes of at least 4 members (excludes halogenated alkanes) is 1. The topological polar surface area (TPSA) is 58.6 Å². The molecule has 1 aliphatic heterocycles. The zero-order chi connectivity index (χ0) is 21.6. The predicted octanol–water partition coefficient (Wildman–Crippen LogP) is 6.04. The van der Waals surface area contributed by atoms with Gasteiger partial charge in [-0.05, 0) is 36.6 Å². The predicted molar refractivity (Wildman–Crippen MR) is 127 cm³/mol. The van der Waals surface area contributed by atoms with Gasteiger partial charge in [-0.2, -0.15) is 0 Å². The van der Waals surface area contributed by atoms with Crippen molar-refractivity contribution >= 4 is 40.2 Å². The fourth-order valence-electron chi connectivity index (χ4n) is 4.68. The first kappa shape index (κ1) is 22.0. The Morgan fingerprint density at radius 1 is 1.10 bits per heavy atom. The minimum absolute atomic E-state index is 0.0269. The highest BCUT2D eigenvalue weighted by Gasteiger charge is 2.45. The van der Waals surface area contributed by atoms with Crippen LogP contribution < -0.4 is 5.32 Å². The second kappa shape index (κ2) is 10.4. The lowest BCUT2D eigenvalue weighted by Crippen LogP contribution is -2.50. The van der Waals surface area contributed by atoms with Crippen LogP contribution in [-0.2, 0) is 9.53 Å².